The first-order valence-corrected chi connectivity index (χ1v) is 12.7. The van der Waals surface area contributed by atoms with Gasteiger partial charge < -0.3 is 19.7 Å². The number of morpholine rings is 1. The quantitative estimate of drug-likeness (QED) is 0.497. The zero-order valence-electron chi connectivity index (χ0n) is 19.1. The van der Waals surface area contributed by atoms with Gasteiger partial charge in [0.05, 0.1) is 17.6 Å². The minimum atomic E-state index is -0.247. The van der Waals surface area contributed by atoms with Crippen LogP contribution in [0.15, 0.2) is 52.7 Å². The number of nitrogens with zero attached hydrogens (tertiary/aromatic N) is 1. The zero-order valence-corrected chi connectivity index (χ0v) is 21.4. The maximum Gasteiger partial charge on any atom is 0.289 e. The largest absolute Gasteiger partial charge is 0.496 e. The summed E-state index contributed by atoms with van der Waals surface area (Å²) in [5, 5.41) is 3.63. The average molecular weight is 548 g/mol. The third-order valence-electron chi connectivity index (χ3n) is 6.25. The van der Waals surface area contributed by atoms with Crippen LogP contribution in [0, 0.1) is 0 Å². The Bertz CT molecular complexity index is 1070. The molecule has 1 saturated heterocycles. The van der Waals surface area contributed by atoms with E-state index in [-0.39, 0.29) is 36.3 Å². The molecule has 8 heteroatoms. The molecule has 0 aromatic heterocycles. The molecule has 2 aliphatic rings. The van der Waals surface area contributed by atoms with Crippen molar-refractivity contribution in [3.05, 3.63) is 68.8 Å². The molecule has 2 atom stereocenters. The Morgan fingerprint density at radius 2 is 2.00 bits per heavy atom. The third-order valence-corrected chi connectivity index (χ3v) is 7.13. The van der Waals surface area contributed by atoms with Crippen LogP contribution in [0.25, 0.3) is 6.08 Å². The first-order valence-electron chi connectivity index (χ1n) is 11.5. The van der Waals surface area contributed by atoms with Gasteiger partial charge in [0.25, 0.3) is 5.91 Å². The lowest BCUT2D eigenvalue weighted by molar-refractivity contribution is -0.151. The van der Waals surface area contributed by atoms with E-state index in [2.05, 4.69) is 21.2 Å². The lowest BCUT2D eigenvalue weighted by Gasteiger charge is -2.44. The molecule has 180 valence electrons. The van der Waals surface area contributed by atoms with E-state index >= 15 is 0 Å². The maximum atomic E-state index is 13.4. The summed E-state index contributed by atoms with van der Waals surface area (Å²) in [6.45, 7) is 0.517. The first-order chi connectivity index (χ1) is 16.4. The summed E-state index contributed by atoms with van der Waals surface area (Å²) in [4.78, 5) is 27.8. The molecule has 4 rings (SSSR count). The Balaban J connectivity index is 1.44. The summed E-state index contributed by atoms with van der Waals surface area (Å²) >= 11 is 9.41. The molecule has 2 aromatic carbocycles. The van der Waals surface area contributed by atoms with Crippen molar-refractivity contribution in [2.24, 2.45) is 0 Å². The first kappa shape index (κ1) is 24.6. The second-order valence-electron chi connectivity index (χ2n) is 8.57. The summed E-state index contributed by atoms with van der Waals surface area (Å²) < 4.78 is 12.2. The molecule has 0 radical (unpaired) electrons. The van der Waals surface area contributed by atoms with E-state index in [0.29, 0.717) is 23.7 Å². The molecule has 6 nitrogen and oxygen atoms in total. The molecule has 1 N–H and O–H groups in total. The van der Waals surface area contributed by atoms with Crippen molar-refractivity contribution in [2.75, 3.05) is 20.2 Å². The number of hydrogen-bond donors (Lipinski definition) is 1. The molecule has 2 aromatic rings. The number of carbonyl (C=O) groups excluding carboxylic acids is 2. The summed E-state index contributed by atoms with van der Waals surface area (Å²) in [5.74, 6) is 0.569. The van der Waals surface area contributed by atoms with Crippen molar-refractivity contribution in [1.29, 1.82) is 0 Å². The maximum absolute atomic E-state index is 13.4. The van der Waals surface area contributed by atoms with Crippen LogP contribution in [-0.4, -0.2) is 49.1 Å². The molecule has 2 unspecified atom stereocenters. The number of carbonyl (C=O) groups is 2. The third kappa shape index (κ3) is 5.94. The molecular weight excluding hydrogens is 520 g/mol. The van der Waals surface area contributed by atoms with Crippen molar-refractivity contribution in [3.63, 3.8) is 0 Å². The van der Waals surface area contributed by atoms with E-state index in [0.717, 1.165) is 41.3 Å². The highest BCUT2D eigenvalue weighted by atomic mass is 79.9. The van der Waals surface area contributed by atoms with Crippen molar-refractivity contribution in [2.45, 2.75) is 44.2 Å². The van der Waals surface area contributed by atoms with Crippen molar-refractivity contribution >= 4 is 45.4 Å². The van der Waals surface area contributed by atoms with Crippen LogP contribution in [0.5, 0.6) is 5.75 Å². The fourth-order valence-electron chi connectivity index (χ4n) is 4.49. The molecule has 0 spiro atoms. The number of hydrogen-bond acceptors (Lipinski definition) is 4. The van der Waals surface area contributed by atoms with Gasteiger partial charge in [-0.05, 0) is 83.1 Å². The van der Waals surface area contributed by atoms with Crippen LogP contribution in [0.2, 0.25) is 5.02 Å². The minimum Gasteiger partial charge on any atom is -0.496 e. The second-order valence-corrected chi connectivity index (χ2v) is 9.86. The van der Waals surface area contributed by atoms with Gasteiger partial charge in [0, 0.05) is 11.6 Å². The molecule has 0 bridgehead atoms. The van der Waals surface area contributed by atoms with Crippen LogP contribution in [0.4, 0.5) is 0 Å². The highest BCUT2D eigenvalue weighted by molar-refractivity contribution is 9.10. The molecule has 2 amide bonds. The van der Waals surface area contributed by atoms with Crippen LogP contribution >= 0.6 is 27.5 Å². The van der Waals surface area contributed by atoms with Crippen LogP contribution < -0.4 is 10.1 Å². The van der Waals surface area contributed by atoms with Crippen LogP contribution in [0.1, 0.15) is 36.8 Å². The second kappa shape index (κ2) is 11.3. The predicted molar refractivity (Wildman–Crippen MR) is 136 cm³/mol. The van der Waals surface area contributed by atoms with E-state index in [9.17, 15) is 9.59 Å². The zero-order chi connectivity index (χ0) is 24.1. The molecule has 1 heterocycles. The number of amides is 2. The number of methoxy groups -OCH3 is 1. The Kier molecular flexibility index (Phi) is 8.16. The smallest absolute Gasteiger partial charge is 0.289 e. The molecule has 34 heavy (non-hydrogen) atoms. The summed E-state index contributed by atoms with van der Waals surface area (Å²) in [5.41, 5.74) is 1.91. The monoisotopic (exact) mass is 546 g/mol. The number of nitrogens with one attached hydrogen (secondary N) is 1. The van der Waals surface area contributed by atoms with Gasteiger partial charge in [-0.3, -0.25) is 9.59 Å². The van der Waals surface area contributed by atoms with Gasteiger partial charge in [-0.1, -0.05) is 36.2 Å². The van der Waals surface area contributed by atoms with Crippen molar-refractivity contribution in [3.8, 4) is 5.75 Å². The van der Waals surface area contributed by atoms with Gasteiger partial charge in [-0.2, -0.15) is 0 Å². The van der Waals surface area contributed by atoms with Gasteiger partial charge in [0.2, 0.25) is 5.91 Å². The van der Waals surface area contributed by atoms with E-state index in [1.165, 1.54) is 0 Å². The number of ether oxygens (including phenoxy) is 2. The molecule has 1 aliphatic carbocycles. The minimum absolute atomic E-state index is 0.0215. The predicted octanol–water partition coefficient (Wildman–Crippen LogP) is 4.98. The molecular formula is C26H28BrClN2O4. The fourth-order valence-corrected chi connectivity index (χ4v) is 5.18. The molecule has 1 aliphatic heterocycles. The standard InChI is InChI=1S/C26H28BrClN2O4/c1-33-22-11-8-18(14-20(22)27)15-24-26(32)30(21-4-2-3-5-23(21)34-24)16-25(31)29-13-12-17-6-9-19(28)10-7-17/h6-11,14-15,21,23H,2-5,12-13,16H2,1H3,(H,29,31)/b24-15-. The fraction of sp³-hybridized carbons (Fsp3) is 0.385. The van der Waals surface area contributed by atoms with Gasteiger partial charge in [-0.25, -0.2) is 0 Å². The van der Waals surface area contributed by atoms with Gasteiger partial charge in [0.15, 0.2) is 5.76 Å². The Hall–Kier alpha value is -2.51. The van der Waals surface area contributed by atoms with Crippen molar-refractivity contribution in [1.82, 2.24) is 10.2 Å². The summed E-state index contributed by atoms with van der Waals surface area (Å²) in [6, 6.07) is 13.1. The number of benzene rings is 2. The average Bonchev–Trinajstić information content (AvgIpc) is 2.83. The van der Waals surface area contributed by atoms with Gasteiger partial charge in [-0.15, -0.1) is 0 Å². The summed E-state index contributed by atoms with van der Waals surface area (Å²) in [6.07, 6.45) is 6.13. The van der Waals surface area contributed by atoms with E-state index in [4.69, 9.17) is 21.1 Å². The summed E-state index contributed by atoms with van der Waals surface area (Å²) in [7, 11) is 1.60. The normalized spacial score (nSPS) is 21.1. The van der Waals surface area contributed by atoms with E-state index in [1.807, 2.05) is 42.5 Å². The Labute approximate surface area is 213 Å². The lowest BCUT2D eigenvalue weighted by atomic mass is 9.89. The van der Waals surface area contributed by atoms with Crippen LogP contribution in [0.3, 0.4) is 0 Å². The Morgan fingerprint density at radius 3 is 2.74 bits per heavy atom. The number of fused-ring (bicyclic) bond motifs is 1. The van der Waals surface area contributed by atoms with Crippen LogP contribution in [-0.2, 0) is 20.7 Å². The highest BCUT2D eigenvalue weighted by Gasteiger charge is 2.42. The van der Waals surface area contributed by atoms with E-state index < -0.39 is 0 Å². The van der Waals surface area contributed by atoms with Crippen molar-refractivity contribution < 1.29 is 19.1 Å². The lowest BCUT2D eigenvalue weighted by Crippen LogP contribution is -2.57. The Morgan fingerprint density at radius 1 is 1.24 bits per heavy atom. The van der Waals surface area contributed by atoms with Gasteiger partial charge >= 0.3 is 0 Å². The topological polar surface area (TPSA) is 67.9 Å². The SMILES string of the molecule is COc1ccc(/C=C2\OC3CCCCC3N(CC(=O)NCCc3ccc(Cl)cc3)C2=O)cc1Br. The highest BCUT2D eigenvalue weighted by Crippen LogP contribution is 2.34. The van der Waals surface area contributed by atoms with Gasteiger partial charge in [0.1, 0.15) is 18.4 Å². The number of halogens is 2. The van der Waals surface area contributed by atoms with E-state index in [1.54, 1.807) is 18.1 Å². The molecule has 1 saturated carbocycles. The number of rotatable bonds is 7. The molecule has 2 fully saturated rings.